The van der Waals surface area contributed by atoms with Crippen LogP contribution in [0.1, 0.15) is 6.92 Å². The van der Waals surface area contributed by atoms with Crippen LogP contribution in [0, 0.1) is 11.6 Å². The topological polar surface area (TPSA) is 107 Å². The number of aromatic amines is 1. The summed E-state index contributed by atoms with van der Waals surface area (Å²) in [7, 11) is -3.48. The van der Waals surface area contributed by atoms with E-state index in [0.717, 1.165) is 12.1 Å². The first kappa shape index (κ1) is 22.9. The molecule has 0 spiro atoms. The van der Waals surface area contributed by atoms with Crippen molar-refractivity contribution in [3.8, 4) is 33.7 Å². The van der Waals surface area contributed by atoms with Crippen LogP contribution in [0.2, 0.25) is 0 Å². The van der Waals surface area contributed by atoms with Crippen molar-refractivity contribution >= 4 is 32.1 Å². The van der Waals surface area contributed by atoms with Gasteiger partial charge in [0.2, 0.25) is 0 Å². The molecule has 12 heteroatoms. The average molecular weight is 515 g/mol. The van der Waals surface area contributed by atoms with Crippen molar-refractivity contribution in [3.63, 3.8) is 0 Å². The first-order chi connectivity index (χ1) is 16.8. The fraction of sp³-hybridized carbons (Fsp3) is 0.0870. The summed E-state index contributed by atoms with van der Waals surface area (Å²) in [6, 6.07) is 11.2. The fourth-order valence-electron chi connectivity index (χ4n) is 3.28. The van der Waals surface area contributed by atoms with Crippen LogP contribution in [0.4, 0.5) is 8.78 Å². The van der Waals surface area contributed by atoms with E-state index in [1.807, 2.05) is 6.07 Å². The lowest BCUT2D eigenvalue weighted by atomic mass is 10.2. The maximum Gasteiger partial charge on any atom is 0.198 e. The summed E-state index contributed by atoms with van der Waals surface area (Å²) >= 11 is 1.34. The number of H-pyrrole nitrogens is 1. The molecule has 0 amide bonds. The molecular formula is C23H16F2N4O4S2. The van der Waals surface area contributed by atoms with Crippen LogP contribution < -0.4 is 9.47 Å². The van der Waals surface area contributed by atoms with Gasteiger partial charge in [-0.05, 0) is 36.4 Å². The van der Waals surface area contributed by atoms with E-state index in [4.69, 9.17) is 9.47 Å². The van der Waals surface area contributed by atoms with Crippen LogP contribution in [-0.4, -0.2) is 34.3 Å². The van der Waals surface area contributed by atoms with Crippen LogP contribution in [0.5, 0.6) is 23.0 Å². The number of benzene rings is 2. The zero-order valence-corrected chi connectivity index (χ0v) is 19.7. The summed E-state index contributed by atoms with van der Waals surface area (Å²) in [6.45, 7) is 1.52. The number of pyridine rings is 1. The maximum absolute atomic E-state index is 14.3. The number of nitrogens with one attached hydrogen (secondary N) is 1. The molecule has 0 fully saturated rings. The van der Waals surface area contributed by atoms with E-state index >= 15 is 0 Å². The molecule has 178 valence electrons. The molecule has 8 nitrogen and oxygen atoms in total. The summed E-state index contributed by atoms with van der Waals surface area (Å²) < 4.78 is 64.2. The van der Waals surface area contributed by atoms with Gasteiger partial charge in [-0.25, -0.2) is 22.2 Å². The zero-order chi connectivity index (χ0) is 24.6. The largest absolute Gasteiger partial charge is 0.452 e. The van der Waals surface area contributed by atoms with E-state index in [-0.39, 0.29) is 28.0 Å². The Hall–Kier alpha value is -3.90. The second kappa shape index (κ2) is 9.04. The normalized spacial score (nSPS) is 11.6. The van der Waals surface area contributed by atoms with Crippen molar-refractivity contribution in [2.75, 3.05) is 5.75 Å². The van der Waals surface area contributed by atoms with Gasteiger partial charge >= 0.3 is 0 Å². The minimum Gasteiger partial charge on any atom is -0.452 e. The molecule has 0 bridgehead atoms. The Bertz CT molecular complexity index is 1600. The highest BCUT2D eigenvalue weighted by molar-refractivity contribution is 7.91. The third-order valence-electron chi connectivity index (χ3n) is 5.04. The van der Waals surface area contributed by atoms with E-state index in [2.05, 4.69) is 20.2 Å². The van der Waals surface area contributed by atoms with Gasteiger partial charge in [0.05, 0.1) is 17.6 Å². The predicted molar refractivity (Wildman–Crippen MR) is 126 cm³/mol. The van der Waals surface area contributed by atoms with E-state index in [9.17, 15) is 17.2 Å². The van der Waals surface area contributed by atoms with Crippen molar-refractivity contribution in [1.29, 1.82) is 0 Å². The highest BCUT2D eigenvalue weighted by atomic mass is 32.2. The lowest BCUT2D eigenvalue weighted by Gasteiger charge is -2.14. The Balaban J connectivity index is 1.57. The first-order valence-electron chi connectivity index (χ1n) is 10.3. The third-order valence-corrected chi connectivity index (χ3v) is 7.41. The van der Waals surface area contributed by atoms with Gasteiger partial charge in [0.15, 0.2) is 48.8 Å². The molecule has 3 aromatic heterocycles. The number of hydrogen-bond donors (Lipinski definition) is 1. The number of aromatic nitrogens is 4. The summed E-state index contributed by atoms with van der Waals surface area (Å²) in [5.74, 6) is -2.07. The number of halogens is 2. The van der Waals surface area contributed by atoms with Crippen LogP contribution in [0.3, 0.4) is 0 Å². The number of fused-ring (bicyclic) bond motifs is 1. The van der Waals surface area contributed by atoms with E-state index in [1.54, 1.807) is 17.6 Å². The van der Waals surface area contributed by atoms with E-state index < -0.39 is 27.2 Å². The second-order valence-corrected chi connectivity index (χ2v) is 10.4. The minimum atomic E-state index is -3.48. The number of rotatable bonds is 7. The Kier molecular flexibility index (Phi) is 5.91. The highest BCUT2D eigenvalue weighted by Crippen LogP contribution is 2.40. The van der Waals surface area contributed by atoms with Crippen molar-refractivity contribution in [1.82, 2.24) is 20.2 Å². The molecule has 0 unspecified atom stereocenters. The van der Waals surface area contributed by atoms with Crippen molar-refractivity contribution in [2.24, 2.45) is 0 Å². The van der Waals surface area contributed by atoms with Gasteiger partial charge in [-0.3, -0.25) is 0 Å². The van der Waals surface area contributed by atoms with Gasteiger partial charge in [-0.15, -0.1) is 10.2 Å². The molecular weight excluding hydrogens is 498 g/mol. The number of nitrogens with zero attached hydrogens (tertiary/aromatic N) is 3. The Labute approximate surface area is 202 Å². The van der Waals surface area contributed by atoms with Gasteiger partial charge in [0, 0.05) is 17.0 Å². The second-order valence-electron chi connectivity index (χ2n) is 7.30. The fourth-order valence-corrected chi connectivity index (χ4v) is 4.59. The van der Waals surface area contributed by atoms with Crippen LogP contribution >= 0.6 is 11.3 Å². The number of hydrogen-bond acceptors (Lipinski definition) is 8. The van der Waals surface area contributed by atoms with Crippen molar-refractivity contribution in [3.05, 3.63) is 71.9 Å². The van der Waals surface area contributed by atoms with Crippen LogP contribution in [-0.2, 0) is 9.84 Å². The summed E-state index contributed by atoms with van der Waals surface area (Å²) in [5, 5.41) is 9.16. The molecule has 35 heavy (non-hydrogen) atoms. The predicted octanol–water partition coefficient (Wildman–Crippen LogP) is 5.74. The third kappa shape index (κ3) is 4.57. The maximum atomic E-state index is 14.3. The highest BCUT2D eigenvalue weighted by Gasteiger charge is 2.19. The molecule has 0 saturated heterocycles. The van der Waals surface area contributed by atoms with Gasteiger partial charge in [0.25, 0.3) is 0 Å². The molecule has 0 saturated carbocycles. The molecule has 0 aliphatic heterocycles. The molecule has 5 aromatic rings. The van der Waals surface area contributed by atoms with Crippen LogP contribution in [0.15, 0.2) is 65.3 Å². The lowest BCUT2D eigenvalue weighted by molar-refractivity contribution is 0.381. The van der Waals surface area contributed by atoms with Crippen LogP contribution in [0.25, 0.3) is 21.6 Å². The summed E-state index contributed by atoms with van der Waals surface area (Å²) in [6.07, 6.45) is 1.25. The lowest BCUT2D eigenvalue weighted by Crippen LogP contribution is -2.05. The van der Waals surface area contributed by atoms with Crippen molar-refractivity contribution in [2.45, 2.75) is 11.9 Å². The molecule has 0 radical (unpaired) electrons. The molecule has 0 atom stereocenters. The summed E-state index contributed by atoms with van der Waals surface area (Å²) in [4.78, 5) is 7.15. The summed E-state index contributed by atoms with van der Waals surface area (Å²) in [5.41, 5.74) is 2.90. The van der Waals surface area contributed by atoms with E-state index in [0.29, 0.717) is 21.6 Å². The average Bonchev–Trinajstić information content (AvgIpc) is 3.52. The monoisotopic (exact) mass is 514 g/mol. The van der Waals surface area contributed by atoms with Gasteiger partial charge in [-0.2, -0.15) is 0 Å². The van der Waals surface area contributed by atoms with Gasteiger partial charge in [0.1, 0.15) is 11.3 Å². The zero-order valence-electron chi connectivity index (χ0n) is 18.0. The SMILES string of the molecule is CCS(=O)(=O)c1ccc(Oc2cc3cc(-c4nncs4)[nH]c3cc2Oc2c(F)cccc2F)cn1. The molecule has 0 aliphatic rings. The molecule has 0 aliphatic carbocycles. The first-order valence-corrected chi connectivity index (χ1v) is 12.8. The molecule has 5 rings (SSSR count). The van der Waals surface area contributed by atoms with Crippen molar-refractivity contribution < 1.29 is 26.7 Å². The minimum absolute atomic E-state index is 0.0254. The number of sulfone groups is 1. The smallest absolute Gasteiger partial charge is 0.198 e. The van der Waals surface area contributed by atoms with Gasteiger partial charge < -0.3 is 14.5 Å². The van der Waals surface area contributed by atoms with Gasteiger partial charge in [-0.1, -0.05) is 24.3 Å². The number of para-hydroxylation sites is 1. The van der Waals surface area contributed by atoms with E-state index in [1.165, 1.54) is 42.7 Å². The molecule has 1 N–H and O–H groups in total. The quantitative estimate of drug-likeness (QED) is 0.295. The molecule has 3 heterocycles. The Morgan fingerprint density at radius 1 is 1.03 bits per heavy atom. The Morgan fingerprint density at radius 2 is 1.80 bits per heavy atom. The number of ether oxygens (including phenoxy) is 2. The Morgan fingerprint density at radius 3 is 2.46 bits per heavy atom. The molecule has 2 aromatic carbocycles. The standard InChI is InChI=1S/C23H16F2N4O4S2/c1-2-35(30,31)21-7-6-14(11-26-21)32-19-9-13-8-18(23-29-27-12-34-23)28-17(13)10-20(19)33-22-15(24)4-3-5-16(22)25/h3-12,28H,2H2,1H3.